The van der Waals surface area contributed by atoms with Gasteiger partial charge >= 0.3 is 0 Å². The summed E-state index contributed by atoms with van der Waals surface area (Å²) < 4.78 is 0. The summed E-state index contributed by atoms with van der Waals surface area (Å²) in [4.78, 5) is 4.28. The molecule has 0 spiro atoms. The maximum Gasteiger partial charge on any atom is 0.0434 e. The van der Waals surface area contributed by atoms with E-state index in [1.54, 1.807) is 0 Å². The lowest BCUT2D eigenvalue weighted by Gasteiger charge is -2.02. The Labute approximate surface area is 73.3 Å². The van der Waals surface area contributed by atoms with Gasteiger partial charge in [-0.15, -0.1) is 0 Å². The van der Waals surface area contributed by atoms with Crippen molar-refractivity contribution < 1.29 is 5.11 Å². The van der Waals surface area contributed by atoms with Crippen LogP contribution in [0.5, 0.6) is 0 Å². The van der Waals surface area contributed by atoms with Crippen LogP contribution in [0.4, 0.5) is 0 Å². The molecule has 0 bridgehead atoms. The van der Waals surface area contributed by atoms with Gasteiger partial charge in [0.25, 0.3) is 0 Å². The molecule has 0 unspecified atom stereocenters. The van der Waals surface area contributed by atoms with Crippen LogP contribution in [-0.2, 0) is 6.42 Å². The Bertz CT molecular complexity index is 238. The predicted octanol–water partition coefficient (Wildman–Crippen LogP) is 1.62. The molecule has 0 atom stereocenters. The zero-order valence-electron chi connectivity index (χ0n) is 7.67. The molecule has 0 aromatic carbocycles. The first-order chi connectivity index (χ1) is 5.72. The fourth-order valence-corrected chi connectivity index (χ4v) is 1.35. The Morgan fingerprint density at radius 2 is 1.83 bits per heavy atom. The highest BCUT2D eigenvalue weighted by Crippen LogP contribution is 2.06. The van der Waals surface area contributed by atoms with Gasteiger partial charge in [-0.3, -0.25) is 4.98 Å². The van der Waals surface area contributed by atoms with Gasteiger partial charge in [0.05, 0.1) is 0 Å². The lowest BCUT2D eigenvalue weighted by atomic mass is 10.1. The summed E-state index contributed by atoms with van der Waals surface area (Å²) in [6.45, 7) is 4.26. The van der Waals surface area contributed by atoms with Gasteiger partial charge < -0.3 is 5.11 Å². The van der Waals surface area contributed by atoms with Crippen LogP contribution in [0.3, 0.4) is 0 Å². The lowest BCUT2D eigenvalue weighted by molar-refractivity contribution is 0.288. The van der Waals surface area contributed by atoms with E-state index in [1.807, 2.05) is 13.8 Å². The number of aliphatic hydroxyl groups excluding tert-OH is 1. The third kappa shape index (κ3) is 2.62. The van der Waals surface area contributed by atoms with E-state index in [0.717, 1.165) is 24.2 Å². The number of hydrogen-bond donors (Lipinski definition) is 1. The van der Waals surface area contributed by atoms with Crippen molar-refractivity contribution in [2.75, 3.05) is 6.61 Å². The molecule has 12 heavy (non-hydrogen) atoms. The molecular weight excluding hydrogens is 150 g/mol. The first-order valence-electron chi connectivity index (χ1n) is 4.27. The van der Waals surface area contributed by atoms with Gasteiger partial charge in [0.2, 0.25) is 0 Å². The van der Waals surface area contributed by atoms with Crippen molar-refractivity contribution in [2.24, 2.45) is 0 Å². The van der Waals surface area contributed by atoms with Crippen LogP contribution in [0.25, 0.3) is 0 Å². The van der Waals surface area contributed by atoms with E-state index >= 15 is 0 Å². The number of aryl methyl sites for hydroxylation is 3. The van der Waals surface area contributed by atoms with Gasteiger partial charge in [0.1, 0.15) is 0 Å². The first-order valence-corrected chi connectivity index (χ1v) is 4.27. The molecule has 0 saturated carbocycles. The topological polar surface area (TPSA) is 33.1 Å². The SMILES string of the molecule is Cc1cc(CCCO)cc(C)n1. The molecule has 0 saturated heterocycles. The van der Waals surface area contributed by atoms with E-state index in [-0.39, 0.29) is 6.61 Å². The second-order valence-corrected chi connectivity index (χ2v) is 3.09. The van der Waals surface area contributed by atoms with Crippen molar-refractivity contribution in [3.8, 4) is 0 Å². The maximum absolute atomic E-state index is 8.65. The average Bonchev–Trinajstić information content (AvgIpc) is 1.99. The summed E-state index contributed by atoms with van der Waals surface area (Å²) in [5.74, 6) is 0. The standard InChI is InChI=1S/C10H15NO/c1-8-6-10(4-3-5-12)7-9(2)11-8/h6-7,12H,3-5H2,1-2H3. The molecule has 2 nitrogen and oxygen atoms in total. The normalized spacial score (nSPS) is 10.2. The Balaban J connectivity index is 2.72. The Morgan fingerprint density at radius 1 is 1.25 bits per heavy atom. The summed E-state index contributed by atoms with van der Waals surface area (Å²) in [5.41, 5.74) is 3.39. The van der Waals surface area contributed by atoms with Gasteiger partial charge in [-0.05, 0) is 44.4 Å². The van der Waals surface area contributed by atoms with Crippen LogP contribution >= 0.6 is 0 Å². The van der Waals surface area contributed by atoms with Gasteiger partial charge in [-0.2, -0.15) is 0 Å². The van der Waals surface area contributed by atoms with E-state index in [1.165, 1.54) is 5.56 Å². The molecule has 0 amide bonds. The van der Waals surface area contributed by atoms with Gasteiger partial charge in [0, 0.05) is 18.0 Å². The van der Waals surface area contributed by atoms with E-state index in [2.05, 4.69) is 17.1 Å². The molecule has 1 aromatic heterocycles. The number of pyridine rings is 1. The Morgan fingerprint density at radius 3 is 2.33 bits per heavy atom. The second-order valence-electron chi connectivity index (χ2n) is 3.09. The molecule has 1 aromatic rings. The first kappa shape index (κ1) is 9.20. The van der Waals surface area contributed by atoms with Crippen LogP contribution in [0.15, 0.2) is 12.1 Å². The highest BCUT2D eigenvalue weighted by molar-refractivity contribution is 5.20. The minimum Gasteiger partial charge on any atom is -0.396 e. The van der Waals surface area contributed by atoms with Crippen molar-refractivity contribution >= 4 is 0 Å². The number of rotatable bonds is 3. The van der Waals surface area contributed by atoms with E-state index in [0.29, 0.717) is 0 Å². The fourth-order valence-electron chi connectivity index (χ4n) is 1.35. The highest BCUT2D eigenvalue weighted by Gasteiger charge is 1.95. The summed E-state index contributed by atoms with van der Waals surface area (Å²) in [6.07, 6.45) is 1.78. The molecule has 1 rings (SSSR count). The molecule has 66 valence electrons. The van der Waals surface area contributed by atoms with Crippen LogP contribution in [0.1, 0.15) is 23.4 Å². The zero-order chi connectivity index (χ0) is 8.97. The summed E-state index contributed by atoms with van der Waals surface area (Å²) in [5, 5.41) is 8.65. The Kier molecular flexibility index (Phi) is 3.23. The van der Waals surface area contributed by atoms with Crippen molar-refractivity contribution in [1.82, 2.24) is 4.98 Å². The Hall–Kier alpha value is -0.890. The molecular formula is C10H15NO. The van der Waals surface area contributed by atoms with Crippen LogP contribution in [0.2, 0.25) is 0 Å². The number of hydrogen-bond acceptors (Lipinski definition) is 2. The van der Waals surface area contributed by atoms with Crippen LogP contribution in [-0.4, -0.2) is 16.7 Å². The monoisotopic (exact) mass is 165 g/mol. The molecule has 0 aliphatic carbocycles. The van der Waals surface area contributed by atoms with Crippen molar-refractivity contribution in [3.05, 3.63) is 29.1 Å². The summed E-state index contributed by atoms with van der Waals surface area (Å²) in [6, 6.07) is 4.14. The summed E-state index contributed by atoms with van der Waals surface area (Å²) in [7, 11) is 0. The van der Waals surface area contributed by atoms with Gasteiger partial charge in [0.15, 0.2) is 0 Å². The van der Waals surface area contributed by atoms with Crippen molar-refractivity contribution in [3.63, 3.8) is 0 Å². The predicted molar refractivity (Wildman–Crippen MR) is 49.1 cm³/mol. The van der Waals surface area contributed by atoms with E-state index < -0.39 is 0 Å². The van der Waals surface area contributed by atoms with Gasteiger partial charge in [-0.25, -0.2) is 0 Å². The fraction of sp³-hybridized carbons (Fsp3) is 0.500. The quantitative estimate of drug-likeness (QED) is 0.738. The summed E-state index contributed by atoms with van der Waals surface area (Å²) >= 11 is 0. The smallest absolute Gasteiger partial charge is 0.0434 e. The molecule has 0 aliphatic rings. The number of aromatic nitrogens is 1. The zero-order valence-corrected chi connectivity index (χ0v) is 7.67. The van der Waals surface area contributed by atoms with Crippen LogP contribution in [0, 0.1) is 13.8 Å². The molecule has 0 fully saturated rings. The van der Waals surface area contributed by atoms with Crippen LogP contribution < -0.4 is 0 Å². The van der Waals surface area contributed by atoms with Gasteiger partial charge in [-0.1, -0.05) is 0 Å². The van der Waals surface area contributed by atoms with Crippen molar-refractivity contribution in [1.29, 1.82) is 0 Å². The minimum atomic E-state index is 0.264. The molecule has 0 radical (unpaired) electrons. The average molecular weight is 165 g/mol. The van der Waals surface area contributed by atoms with E-state index in [4.69, 9.17) is 5.11 Å². The number of nitrogens with zero attached hydrogens (tertiary/aromatic N) is 1. The highest BCUT2D eigenvalue weighted by atomic mass is 16.2. The molecule has 1 heterocycles. The third-order valence-corrected chi connectivity index (χ3v) is 1.76. The molecule has 0 aliphatic heterocycles. The van der Waals surface area contributed by atoms with E-state index in [9.17, 15) is 0 Å². The van der Waals surface area contributed by atoms with Crippen molar-refractivity contribution in [2.45, 2.75) is 26.7 Å². The maximum atomic E-state index is 8.65. The third-order valence-electron chi connectivity index (χ3n) is 1.76. The molecule has 2 heteroatoms. The molecule has 1 N–H and O–H groups in total. The second kappa shape index (κ2) is 4.21. The lowest BCUT2D eigenvalue weighted by Crippen LogP contribution is -1.93. The largest absolute Gasteiger partial charge is 0.396 e. The number of aliphatic hydroxyl groups is 1. The minimum absolute atomic E-state index is 0.264.